The molecule has 0 aromatic heterocycles. The van der Waals surface area contributed by atoms with Crippen LogP contribution in [0, 0.1) is 6.92 Å². The molecular weight excluding hydrogens is 304 g/mol. The number of hydrogen-bond acceptors (Lipinski definition) is 3. The molecule has 1 aliphatic heterocycles. The number of aryl methyl sites for hydroxylation is 1. The second-order valence-corrected chi connectivity index (χ2v) is 5.64. The zero-order valence-corrected chi connectivity index (χ0v) is 13.5. The standard InChI is InChI=1S/C19H18N2O3/c1-12-5-3-4-6-14(12)7-10-18(22)20-15-8-9-17-16(11-15)21-19(23)13(2)24-17/h3-11,13H,1-2H3,(H,20,22)(H,21,23)/b10-7+/t13-/m0/s1. The number of carbonyl (C=O) groups is 2. The van der Waals surface area contributed by atoms with Crippen LogP contribution in [0.5, 0.6) is 5.75 Å². The molecular formula is C19H18N2O3. The van der Waals surface area contributed by atoms with Crippen molar-refractivity contribution in [2.45, 2.75) is 20.0 Å². The topological polar surface area (TPSA) is 67.4 Å². The number of fused-ring (bicyclic) bond motifs is 1. The third-order valence-corrected chi connectivity index (χ3v) is 3.78. The molecule has 2 aromatic rings. The van der Waals surface area contributed by atoms with Crippen LogP contribution >= 0.6 is 0 Å². The summed E-state index contributed by atoms with van der Waals surface area (Å²) in [5.74, 6) is 0.149. The molecule has 0 saturated carbocycles. The molecule has 122 valence electrons. The van der Waals surface area contributed by atoms with E-state index >= 15 is 0 Å². The van der Waals surface area contributed by atoms with Gasteiger partial charge in [-0.1, -0.05) is 24.3 Å². The smallest absolute Gasteiger partial charge is 0.265 e. The quantitative estimate of drug-likeness (QED) is 0.851. The number of hydrogen-bond donors (Lipinski definition) is 2. The predicted octanol–water partition coefficient (Wildman–Crippen LogP) is 3.37. The summed E-state index contributed by atoms with van der Waals surface area (Å²) in [5.41, 5.74) is 3.24. The summed E-state index contributed by atoms with van der Waals surface area (Å²) in [7, 11) is 0. The van der Waals surface area contributed by atoms with Crippen LogP contribution in [0.2, 0.25) is 0 Å². The molecule has 0 saturated heterocycles. The molecule has 2 aromatic carbocycles. The van der Waals surface area contributed by atoms with Crippen LogP contribution in [0.1, 0.15) is 18.1 Å². The maximum atomic E-state index is 12.1. The van der Waals surface area contributed by atoms with E-state index in [4.69, 9.17) is 4.74 Å². The van der Waals surface area contributed by atoms with E-state index in [9.17, 15) is 9.59 Å². The molecule has 0 spiro atoms. The van der Waals surface area contributed by atoms with E-state index in [0.717, 1.165) is 11.1 Å². The fraction of sp³-hybridized carbons (Fsp3) is 0.158. The Hall–Kier alpha value is -3.08. The highest BCUT2D eigenvalue weighted by molar-refractivity contribution is 6.03. The van der Waals surface area contributed by atoms with Crippen LogP contribution in [0.15, 0.2) is 48.5 Å². The summed E-state index contributed by atoms with van der Waals surface area (Å²) < 4.78 is 5.48. The number of anilines is 2. The number of rotatable bonds is 3. The average Bonchev–Trinajstić information content (AvgIpc) is 2.55. The van der Waals surface area contributed by atoms with Gasteiger partial charge in [0, 0.05) is 11.8 Å². The minimum Gasteiger partial charge on any atom is -0.479 e. The first-order chi connectivity index (χ1) is 11.5. The van der Waals surface area contributed by atoms with E-state index in [1.54, 1.807) is 31.2 Å². The van der Waals surface area contributed by atoms with Gasteiger partial charge in [0.25, 0.3) is 5.91 Å². The van der Waals surface area contributed by atoms with E-state index in [0.29, 0.717) is 17.1 Å². The van der Waals surface area contributed by atoms with Crippen LogP contribution in [0.4, 0.5) is 11.4 Å². The molecule has 1 heterocycles. The third-order valence-electron chi connectivity index (χ3n) is 3.78. The van der Waals surface area contributed by atoms with E-state index < -0.39 is 6.10 Å². The molecule has 2 amide bonds. The lowest BCUT2D eigenvalue weighted by molar-refractivity contribution is -0.122. The Bertz CT molecular complexity index is 827. The highest BCUT2D eigenvalue weighted by atomic mass is 16.5. The van der Waals surface area contributed by atoms with Gasteiger partial charge < -0.3 is 15.4 Å². The fourth-order valence-corrected chi connectivity index (χ4v) is 2.41. The van der Waals surface area contributed by atoms with Gasteiger partial charge in [-0.3, -0.25) is 9.59 Å². The average molecular weight is 322 g/mol. The molecule has 0 unspecified atom stereocenters. The number of benzene rings is 2. The molecule has 1 atom stereocenters. The van der Waals surface area contributed by atoms with Gasteiger partial charge in [-0.2, -0.15) is 0 Å². The lowest BCUT2D eigenvalue weighted by atomic mass is 10.1. The maximum Gasteiger partial charge on any atom is 0.265 e. The maximum absolute atomic E-state index is 12.1. The Labute approximate surface area is 140 Å². The lowest BCUT2D eigenvalue weighted by Crippen LogP contribution is -2.34. The first-order valence-corrected chi connectivity index (χ1v) is 7.69. The Balaban J connectivity index is 1.70. The van der Waals surface area contributed by atoms with Gasteiger partial charge in [0.05, 0.1) is 5.69 Å². The molecule has 0 radical (unpaired) electrons. The van der Waals surface area contributed by atoms with Gasteiger partial charge in [0.15, 0.2) is 6.10 Å². The molecule has 1 aliphatic rings. The van der Waals surface area contributed by atoms with Crippen LogP contribution < -0.4 is 15.4 Å². The van der Waals surface area contributed by atoms with Crippen molar-refractivity contribution >= 4 is 29.3 Å². The van der Waals surface area contributed by atoms with Crippen LogP contribution in [-0.4, -0.2) is 17.9 Å². The second-order valence-electron chi connectivity index (χ2n) is 5.64. The predicted molar refractivity (Wildman–Crippen MR) is 94.0 cm³/mol. The SMILES string of the molecule is Cc1ccccc1/C=C/C(=O)Nc1ccc2c(c1)NC(=O)[C@H](C)O2. The van der Waals surface area contributed by atoms with Crippen LogP contribution in [0.3, 0.4) is 0 Å². The van der Waals surface area contributed by atoms with Crippen molar-refractivity contribution in [3.63, 3.8) is 0 Å². The minimum atomic E-state index is -0.519. The van der Waals surface area contributed by atoms with Crippen molar-refractivity contribution in [1.29, 1.82) is 0 Å². The summed E-state index contributed by atoms with van der Waals surface area (Å²) in [6, 6.07) is 13.0. The van der Waals surface area contributed by atoms with Crippen LogP contribution in [-0.2, 0) is 9.59 Å². The fourth-order valence-electron chi connectivity index (χ4n) is 2.41. The molecule has 5 nitrogen and oxygen atoms in total. The van der Waals surface area contributed by atoms with Crippen molar-refractivity contribution < 1.29 is 14.3 Å². The number of nitrogens with one attached hydrogen (secondary N) is 2. The largest absolute Gasteiger partial charge is 0.479 e. The highest BCUT2D eigenvalue weighted by Crippen LogP contribution is 2.32. The normalized spacial score (nSPS) is 16.2. The van der Waals surface area contributed by atoms with E-state index in [1.807, 2.05) is 31.2 Å². The van der Waals surface area contributed by atoms with Crippen molar-refractivity contribution in [3.8, 4) is 5.75 Å². The second kappa shape index (κ2) is 6.58. The highest BCUT2D eigenvalue weighted by Gasteiger charge is 2.23. The summed E-state index contributed by atoms with van der Waals surface area (Å²) in [4.78, 5) is 23.7. The zero-order chi connectivity index (χ0) is 17.1. The Morgan fingerprint density at radius 1 is 1.25 bits per heavy atom. The van der Waals surface area contributed by atoms with Gasteiger partial charge in [-0.15, -0.1) is 0 Å². The first kappa shape index (κ1) is 15.8. The van der Waals surface area contributed by atoms with Gasteiger partial charge in [0.1, 0.15) is 5.75 Å². The summed E-state index contributed by atoms with van der Waals surface area (Å²) in [6.45, 7) is 3.68. The van der Waals surface area contributed by atoms with E-state index in [1.165, 1.54) is 6.08 Å². The number of ether oxygens (including phenoxy) is 1. The third kappa shape index (κ3) is 3.46. The van der Waals surface area contributed by atoms with Gasteiger partial charge in [-0.25, -0.2) is 0 Å². The number of amides is 2. The lowest BCUT2D eigenvalue weighted by Gasteiger charge is -2.23. The monoisotopic (exact) mass is 322 g/mol. The summed E-state index contributed by atoms with van der Waals surface area (Å²) >= 11 is 0. The van der Waals surface area contributed by atoms with Crippen molar-refractivity contribution in [2.75, 3.05) is 10.6 Å². The molecule has 5 heteroatoms. The van der Waals surface area contributed by atoms with Crippen molar-refractivity contribution in [2.24, 2.45) is 0 Å². The molecule has 3 rings (SSSR count). The van der Waals surface area contributed by atoms with E-state index in [-0.39, 0.29) is 11.8 Å². The molecule has 0 fully saturated rings. The first-order valence-electron chi connectivity index (χ1n) is 7.69. The molecule has 0 bridgehead atoms. The Kier molecular flexibility index (Phi) is 4.33. The molecule has 24 heavy (non-hydrogen) atoms. The Morgan fingerprint density at radius 2 is 2.04 bits per heavy atom. The summed E-state index contributed by atoms with van der Waals surface area (Å²) in [5, 5.41) is 5.53. The number of carbonyl (C=O) groups excluding carboxylic acids is 2. The van der Waals surface area contributed by atoms with Gasteiger partial charge in [-0.05, 0) is 49.2 Å². The minimum absolute atomic E-state index is 0.203. The van der Waals surface area contributed by atoms with Crippen molar-refractivity contribution in [3.05, 3.63) is 59.7 Å². The molecule has 0 aliphatic carbocycles. The summed E-state index contributed by atoms with van der Waals surface area (Å²) in [6.07, 6.45) is 2.74. The zero-order valence-electron chi connectivity index (χ0n) is 13.5. The van der Waals surface area contributed by atoms with Crippen molar-refractivity contribution in [1.82, 2.24) is 0 Å². The van der Waals surface area contributed by atoms with E-state index in [2.05, 4.69) is 10.6 Å². The molecule has 2 N–H and O–H groups in total. The van der Waals surface area contributed by atoms with Crippen LogP contribution in [0.25, 0.3) is 6.08 Å². The van der Waals surface area contributed by atoms with Gasteiger partial charge in [0.2, 0.25) is 5.91 Å². The Morgan fingerprint density at radius 3 is 2.83 bits per heavy atom. The van der Waals surface area contributed by atoms with Gasteiger partial charge >= 0.3 is 0 Å².